The van der Waals surface area contributed by atoms with Crippen LogP contribution in [0.3, 0.4) is 0 Å². The summed E-state index contributed by atoms with van der Waals surface area (Å²) in [6, 6.07) is 17.7. The van der Waals surface area contributed by atoms with Gasteiger partial charge in [-0.2, -0.15) is 0 Å². The van der Waals surface area contributed by atoms with Crippen LogP contribution in [0.2, 0.25) is 0 Å². The summed E-state index contributed by atoms with van der Waals surface area (Å²) in [5.41, 5.74) is 6.24. The molecule has 0 aliphatic heterocycles. The Hall–Kier alpha value is -3.26. The smallest absolute Gasteiger partial charge is 0.139 e. The first kappa shape index (κ1) is 16.9. The van der Waals surface area contributed by atoms with Gasteiger partial charge in [-0.05, 0) is 55.0 Å². The van der Waals surface area contributed by atoms with Crippen molar-refractivity contribution in [3.63, 3.8) is 0 Å². The van der Waals surface area contributed by atoms with Gasteiger partial charge in [-0.15, -0.1) is 10.2 Å². The Balaban J connectivity index is 0.000000155. The highest BCUT2D eigenvalue weighted by molar-refractivity contribution is 9.10. The van der Waals surface area contributed by atoms with E-state index in [1.54, 1.807) is 4.68 Å². The van der Waals surface area contributed by atoms with Crippen LogP contribution in [0.4, 0.5) is 0 Å². The molecule has 0 N–H and O–H groups in total. The average Bonchev–Trinajstić information content (AvgIpc) is 3.43. The van der Waals surface area contributed by atoms with Crippen LogP contribution in [0.1, 0.15) is 5.56 Å². The molecule has 5 aromatic heterocycles. The fraction of sp³-hybridized carbons (Fsp3) is 0.100. The highest BCUT2D eigenvalue weighted by Crippen LogP contribution is 2.29. The van der Waals surface area contributed by atoms with Crippen LogP contribution in [-0.2, 0) is 7.05 Å². The summed E-state index contributed by atoms with van der Waals surface area (Å²) in [4.78, 5) is 0. The predicted molar refractivity (Wildman–Crippen MR) is 110 cm³/mol. The van der Waals surface area contributed by atoms with Gasteiger partial charge in [0.15, 0.2) is 0 Å². The van der Waals surface area contributed by atoms with E-state index in [4.69, 9.17) is 4.74 Å². The number of benzene rings is 3. The van der Waals surface area contributed by atoms with E-state index in [0.717, 1.165) is 49.1 Å². The lowest BCUT2D eigenvalue weighted by molar-refractivity contribution is 0.479. The number of rotatable bonds is 2. The molecule has 0 spiro atoms. The van der Waals surface area contributed by atoms with E-state index in [9.17, 15) is 0 Å². The summed E-state index contributed by atoms with van der Waals surface area (Å²) in [5, 5.41) is 15.8. The minimum Gasteiger partial charge on any atom is -0.457 e. The third kappa shape index (κ3) is 2.73. The zero-order valence-electron chi connectivity index (χ0n) is 15.2. The number of ether oxygens (including phenoxy) is 1. The number of aromatic nitrogens is 6. The van der Waals surface area contributed by atoms with Gasteiger partial charge in [0.2, 0.25) is 0 Å². The first-order chi connectivity index (χ1) is 13.6. The summed E-state index contributed by atoms with van der Waals surface area (Å²) in [7, 11) is 1.87. The molecule has 0 atom stereocenters. The molecule has 3 aromatic carbocycles. The molecule has 0 aliphatic rings. The third-order valence-corrected chi connectivity index (χ3v) is 5.12. The molecule has 0 fully saturated rings. The van der Waals surface area contributed by atoms with Crippen LogP contribution in [0.15, 0.2) is 59.1 Å². The maximum Gasteiger partial charge on any atom is 0.139 e. The number of nitrogens with zero attached hydrogens (tertiary/aromatic N) is 6. The quantitative estimate of drug-likeness (QED) is 0.398. The van der Waals surface area contributed by atoms with E-state index in [1.165, 1.54) is 0 Å². The molecule has 8 heteroatoms. The van der Waals surface area contributed by atoms with Crippen molar-refractivity contribution >= 4 is 43.5 Å². The normalized spacial score (nSPS) is 11.4. The molecule has 0 saturated heterocycles. The molecule has 0 saturated carbocycles. The summed E-state index contributed by atoms with van der Waals surface area (Å²) in [6.45, 7) is 2.02. The average molecular weight is 435 g/mol. The fourth-order valence-electron chi connectivity index (χ4n) is 3.15. The molecular formula is C20H15BrN6O. The number of fused-ring (bicyclic) bond motifs is 4. The zero-order chi connectivity index (χ0) is 19.3. The van der Waals surface area contributed by atoms with Crippen LogP contribution in [0.5, 0.6) is 11.5 Å². The summed E-state index contributed by atoms with van der Waals surface area (Å²) in [5.74, 6) is 1.63. The number of aryl methyl sites for hydroxylation is 2. The monoisotopic (exact) mass is 434 g/mol. The van der Waals surface area contributed by atoms with Gasteiger partial charge in [-0.3, -0.25) is 0 Å². The molecule has 8 rings (SSSR count). The lowest BCUT2D eigenvalue weighted by Gasteiger charge is -2.09. The molecule has 0 amide bonds. The predicted octanol–water partition coefficient (Wildman–Crippen LogP) is 4.59. The number of halogens is 1. The Kier molecular flexibility index (Phi) is 3.87. The molecule has 7 nitrogen and oxygen atoms in total. The number of hydrogen-bond acceptors (Lipinski definition) is 5. The van der Waals surface area contributed by atoms with Crippen molar-refractivity contribution in [3.05, 3.63) is 64.6 Å². The number of pyridine rings is 1. The summed E-state index contributed by atoms with van der Waals surface area (Å²) in [6.07, 6.45) is 0. The van der Waals surface area contributed by atoms with Crippen LogP contribution < -0.4 is 4.74 Å². The second-order valence-electron chi connectivity index (χ2n) is 6.52. The zero-order valence-corrected chi connectivity index (χ0v) is 16.8. The standard InChI is InChI=1S/C14H12BrN3O.C6H3N3/c1-9-7-10(15)3-6-14(9)19-11-4-5-12-13(8-11)18(2)17-16-12;1-2-4-6-5(3-1)9(4)8-7-6/h3-8H,1-2H3;1-3H. The second-order valence-corrected chi connectivity index (χ2v) is 7.44. The molecule has 0 radical (unpaired) electrons. The van der Waals surface area contributed by atoms with Gasteiger partial charge in [0, 0.05) is 17.6 Å². The molecular weight excluding hydrogens is 420 g/mol. The lowest BCUT2D eigenvalue weighted by Crippen LogP contribution is -1.91. The number of hydrogen-bond donors (Lipinski definition) is 0. The van der Waals surface area contributed by atoms with Crippen molar-refractivity contribution in [1.29, 1.82) is 0 Å². The van der Waals surface area contributed by atoms with Crippen LogP contribution >= 0.6 is 15.9 Å². The van der Waals surface area contributed by atoms with Crippen molar-refractivity contribution in [1.82, 2.24) is 29.8 Å². The third-order valence-electron chi connectivity index (χ3n) is 4.63. The van der Waals surface area contributed by atoms with Crippen LogP contribution in [0.25, 0.3) is 27.6 Å². The Morgan fingerprint density at radius 3 is 2.39 bits per heavy atom. The van der Waals surface area contributed by atoms with Crippen LogP contribution in [-0.4, -0.2) is 29.8 Å². The SMILES string of the molecule is Cc1cc(Br)ccc1Oc1ccc2nnn(C)c2c1.c1cc2c3nnn2c3c1. The van der Waals surface area contributed by atoms with E-state index in [2.05, 4.69) is 36.6 Å². The highest BCUT2D eigenvalue weighted by atomic mass is 79.9. The Labute approximate surface area is 168 Å². The Morgan fingerprint density at radius 1 is 0.893 bits per heavy atom. The van der Waals surface area contributed by atoms with Gasteiger partial charge in [0.05, 0.1) is 16.6 Å². The minimum atomic E-state index is 0.781. The van der Waals surface area contributed by atoms with Crippen molar-refractivity contribution in [2.75, 3.05) is 0 Å². The molecule has 138 valence electrons. The summed E-state index contributed by atoms with van der Waals surface area (Å²) < 4.78 is 10.5. The molecule has 0 aliphatic carbocycles. The van der Waals surface area contributed by atoms with E-state index in [0.29, 0.717) is 0 Å². The summed E-state index contributed by atoms with van der Waals surface area (Å²) >= 11 is 3.44. The first-order valence-electron chi connectivity index (χ1n) is 8.68. The maximum atomic E-state index is 5.91. The van der Waals surface area contributed by atoms with Crippen molar-refractivity contribution in [3.8, 4) is 11.5 Å². The van der Waals surface area contributed by atoms with Crippen molar-refractivity contribution in [2.24, 2.45) is 7.05 Å². The van der Waals surface area contributed by atoms with E-state index in [-0.39, 0.29) is 0 Å². The molecule has 0 unspecified atom stereocenters. The van der Waals surface area contributed by atoms with Crippen molar-refractivity contribution < 1.29 is 4.74 Å². The Bertz CT molecular complexity index is 1320. The van der Waals surface area contributed by atoms with Gasteiger partial charge in [0.25, 0.3) is 0 Å². The van der Waals surface area contributed by atoms with Gasteiger partial charge >= 0.3 is 0 Å². The molecule has 4 bridgehead atoms. The Morgan fingerprint density at radius 2 is 1.71 bits per heavy atom. The van der Waals surface area contributed by atoms with E-state index in [1.807, 2.05) is 73.1 Å². The van der Waals surface area contributed by atoms with Crippen molar-refractivity contribution in [2.45, 2.75) is 6.92 Å². The second kappa shape index (κ2) is 6.42. The lowest BCUT2D eigenvalue weighted by atomic mass is 10.2. The minimum absolute atomic E-state index is 0.781. The van der Waals surface area contributed by atoms with Gasteiger partial charge in [0.1, 0.15) is 22.5 Å². The van der Waals surface area contributed by atoms with E-state index < -0.39 is 0 Å². The highest BCUT2D eigenvalue weighted by Gasteiger charge is 2.13. The van der Waals surface area contributed by atoms with Gasteiger partial charge in [-0.25, -0.2) is 9.20 Å². The van der Waals surface area contributed by atoms with E-state index >= 15 is 0 Å². The fourth-order valence-corrected chi connectivity index (χ4v) is 3.63. The maximum absolute atomic E-state index is 5.91. The molecule has 28 heavy (non-hydrogen) atoms. The van der Waals surface area contributed by atoms with Crippen LogP contribution in [0, 0.1) is 6.92 Å². The molecule has 8 aromatic rings. The largest absolute Gasteiger partial charge is 0.457 e. The first-order valence-corrected chi connectivity index (χ1v) is 9.48. The molecule has 5 heterocycles. The topological polar surface area (TPSA) is 70.1 Å². The van der Waals surface area contributed by atoms with Gasteiger partial charge < -0.3 is 4.74 Å². The van der Waals surface area contributed by atoms with Gasteiger partial charge in [-0.1, -0.05) is 32.4 Å².